The third-order valence-corrected chi connectivity index (χ3v) is 3.50. The number of carbonyl (C=O) groups excluding carboxylic acids is 1. The Balaban J connectivity index is 1.88. The van der Waals surface area contributed by atoms with Crippen LogP contribution in [0.2, 0.25) is 0 Å². The SMILES string of the molecule is CC(C)(CNC(=O)C1COCCN1)c1ccccc1. The molecule has 1 heterocycles. The van der Waals surface area contributed by atoms with Gasteiger partial charge >= 0.3 is 0 Å². The van der Waals surface area contributed by atoms with E-state index in [-0.39, 0.29) is 17.4 Å². The van der Waals surface area contributed by atoms with Crippen LogP contribution in [0, 0.1) is 0 Å². The number of morpholine rings is 1. The van der Waals surface area contributed by atoms with E-state index in [2.05, 4.69) is 36.6 Å². The number of hydrogen-bond acceptors (Lipinski definition) is 3. The predicted molar refractivity (Wildman–Crippen MR) is 75.1 cm³/mol. The number of ether oxygens (including phenoxy) is 1. The molecule has 19 heavy (non-hydrogen) atoms. The average Bonchev–Trinajstić information content (AvgIpc) is 2.47. The van der Waals surface area contributed by atoms with Crippen LogP contribution in [-0.2, 0) is 14.9 Å². The lowest BCUT2D eigenvalue weighted by Crippen LogP contribution is -2.52. The van der Waals surface area contributed by atoms with E-state index in [1.165, 1.54) is 5.56 Å². The Morgan fingerprint density at radius 1 is 1.42 bits per heavy atom. The molecule has 0 saturated carbocycles. The van der Waals surface area contributed by atoms with Gasteiger partial charge in [-0.1, -0.05) is 44.2 Å². The Morgan fingerprint density at radius 3 is 2.79 bits per heavy atom. The fourth-order valence-electron chi connectivity index (χ4n) is 2.16. The molecular formula is C15H22N2O2. The van der Waals surface area contributed by atoms with Gasteiger partial charge in [0.2, 0.25) is 5.91 Å². The first kappa shape index (κ1) is 14.0. The highest BCUT2D eigenvalue weighted by Crippen LogP contribution is 2.21. The number of benzene rings is 1. The van der Waals surface area contributed by atoms with E-state index >= 15 is 0 Å². The first-order chi connectivity index (χ1) is 9.09. The van der Waals surface area contributed by atoms with Crippen molar-refractivity contribution in [2.45, 2.75) is 25.3 Å². The Labute approximate surface area is 114 Å². The van der Waals surface area contributed by atoms with Gasteiger partial charge in [-0.25, -0.2) is 0 Å². The molecule has 1 unspecified atom stereocenters. The summed E-state index contributed by atoms with van der Waals surface area (Å²) in [6.07, 6.45) is 0. The van der Waals surface area contributed by atoms with Crippen LogP contribution in [0.1, 0.15) is 19.4 Å². The van der Waals surface area contributed by atoms with E-state index in [9.17, 15) is 4.79 Å². The number of amides is 1. The summed E-state index contributed by atoms with van der Waals surface area (Å²) >= 11 is 0. The second-order valence-electron chi connectivity index (χ2n) is 5.55. The summed E-state index contributed by atoms with van der Waals surface area (Å²) in [6.45, 7) is 6.76. The maximum absolute atomic E-state index is 12.0. The summed E-state index contributed by atoms with van der Waals surface area (Å²) in [7, 11) is 0. The molecular weight excluding hydrogens is 240 g/mol. The molecule has 0 radical (unpaired) electrons. The third kappa shape index (κ3) is 3.78. The van der Waals surface area contributed by atoms with Crippen molar-refractivity contribution >= 4 is 5.91 Å². The lowest BCUT2D eigenvalue weighted by molar-refractivity contribution is -0.126. The Hall–Kier alpha value is -1.39. The van der Waals surface area contributed by atoms with E-state index in [1.54, 1.807) is 0 Å². The smallest absolute Gasteiger partial charge is 0.239 e. The molecule has 1 fully saturated rings. The highest BCUT2D eigenvalue weighted by molar-refractivity contribution is 5.82. The van der Waals surface area contributed by atoms with Crippen LogP contribution in [0.4, 0.5) is 0 Å². The summed E-state index contributed by atoms with van der Waals surface area (Å²) in [6, 6.07) is 10.0. The van der Waals surface area contributed by atoms with Gasteiger partial charge < -0.3 is 15.4 Å². The number of carbonyl (C=O) groups is 1. The maximum Gasteiger partial charge on any atom is 0.239 e. The van der Waals surface area contributed by atoms with Crippen LogP contribution < -0.4 is 10.6 Å². The van der Waals surface area contributed by atoms with E-state index in [0.717, 1.165) is 6.54 Å². The van der Waals surface area contributed by atoms with Gasteiger partial charge in [-0.05, 0) is 5.56 Å². The quantitative estimate of drug-likeness (QED) is 0.853. The minimum atomic E-state index is -0.222. The van der Waals surface area contributed by atoms with Crippen molar-refractivity contribution < 1.29 is 9.53 Å². The van der Waals surface area contributed by atoms with Gasteiger partial charge in [0.1, 0.15) is 6.04 Å². The Bertz CT molecular complexity index is 411. The van der Waals surface area contributed by atoms with E-state index in [4.69, 9.17) is 4.74 Å². The van der Waals surface area contributed by atoms with Gasteiger partial charge in [0.15, 0.2) is 0 Å². The first-order valence-corrected chi connectivity index (χ1v) is 6.74. The van der Waals surface area contributed by atoms with Crippen LogP contribution >= 0.6 is 0 Å². The van der Waals surface area contributed by atoms with Crippen molar-refractivity contribution in [1.82, 2.24) is 10.6 Å². The monoisotopic (exact) mass is 262 g/mol. The van der Waals surface area contributed by atoms with Gasteiger partial charge in [-0.3, -0.25) is 4.79 Å². The van der Waals surface area contributed by atoms with Crippen LogP contribution in [-0.4, -0.2) is 38.3 Å². The molecule has 1 saturated heterocycles. The largest absolute Gasteiger partial charge is 0.378 e. The van der Waals surface area contributed by atoms with Crippen LogP contribution in [0.25, 0.3) is 0 Å². The second kappa shape index (κ2) is 6.17. The van der Waals surface area contributed by atoms with Crippen molar-refractivity contribution in [2.75, 3.05) is 26.3 Å². The van der Waals surface area contributed by atoms with Crippen molar-refractivity contribution in [3.8, 4) is 0 Å². The summed E-state index contributed by atoms with van der Waals surface area (Å²) in [4.78, 5) is 12.0. The average molecular weight is 262 g/mol. The molecule has 2 N–H and O–H groups in total. The van der Waals surface area contributed by atoms with Crippen molar-refractivity contribution in [1.29, 1.82) is 0 Å². The fourth-order valence-corrected chi connectivity index (χ4v) is 2.16. The van der Waals surface area contributed by atoms with Gasteiger partial charge in [0.25, 0.3) is 0 Å². The topological polar surface area (TPSA) is 50.4 Å². The molecule has 0 bridgehead atoms. The summed E-state index contributed by atoms with van der Waals surface area (Å²) in [5.41, 5.74) is 1.15. The van der Waals surface area contributed by atoms with Crippen molar-refractivity contribution in [3.63, 3.8) is 0 Å². The minimum absolute atomic E-state index is 0.0173. The standard InChI is InChI=1S/C15H22N2O2/c1-15(2,12-6-4-3-5-7-12)11-17-14(18)13-10-19-9-8-16-13/h3-7,13,16H,8-11H2,1-2H3,(H,17,18). The zero-order chi connectivity index (χ0) is 13.7. The molecule has 0 aromatic heterocycles. The van der Waals surface area contributed by atoms with Crippen molar-refractivity contribution in [3.05, 3.63) is 35.9 Å². The highest BCUT2D eigenvalue weighted by Gasteiger charge is 2.25. The predicted octanol–water partition coefficient (Wildman–Crippen LogP) is 1.07. The zero-order valence-corrected chi connectivity index (χ0v) is 11.6. The molecule has 4 nitrogen and oxygen atoms in total. The fraction of sp³-hybridized carbons (Fsp3) is 0.533. The van der Waals surface area contributed by atoms with Crippen molar-refractivity contribution in [2.24, 2.45) is 0 Å². The van der Waals surface area contributed by atoms with Crippen LogP contribution in [0.15, 0.2) is 30.3 Å². The lowest BCUT2D eigenvalue weighted by Gasteiger charge is -2.28. The highest BCUT2D eigenvalue weighted by atomic mass is 16.5. The third-order valence-electron chi connectivity index (χ3n) is 3.50. The Morgan fingerprint density at radius 2 is 2.16 bits per heavy atom. The van der Waals surface area contributed by atoms with Crippen LogP contribution in [0.5, 0.6) is 0 Å². The van der Waals surface area contributed by atoms with Gasteiger partial charge in [-0.15, -0.1) is 0 Å². The lowest BCUT2D eigenvalue weighted by atomic mass is 9.84. The number of hydrogen-bond donors (Lipinski definition) is 2. The van der Waals surface area contributed by atoms with Gasteiger partial charge in [-0.2, -0.15) is 0 Å². The number of rotatable bonds is 4. The van der Waals surface area contributed by atoms with E-state index < -0.39 is 0 Å². The Kier molecular flexibility index (Phi) is 4.56. The zero-order valence-electron chi connectivity index (χ0n) is 11.6. The molecule has 4 heteroatoms. The minimum Gasteiger partial charge on any atom is -0.378 e. The first-order valence-electron chi connectivity index (χ1n) is 6.74. The molecule has 1 amide bonds. The molecule has 1 atom stereocenters. The molecule has 1 aromatic rings. The molecule has 1 aliphatic rings. The molecule has 2 rings (SSSR count). The molecule has 0 aliphatic carbocycles. The molecule has 104 valence electrons. The summed E-state index contributed by atoms with van der Waals surface area (Å²) in [5.74, 6) is 0.0173. The summed E-state index contributed by atoms with van der Waals surface area (Å²) in [5, 5.41) is 6.17. The van der Waals surface area contributed by atoms with Gasteiger partial charge in [0.05, 0.1) is 13.2 Å². The molecule has 0 spiro atoms. The van der Waals surface area contributed by atoms with Crippen LogP contribution in [0.3, 0.4) is 0 Å². The maximum atomic E-state index is 12.0. The van der Waals surface area contributed by atoms with E-state index in [0.29, 0.717) is 19.8 Å². The van der Waals surface area contributed by atoms with Gasteiger partial charge in [0, 0.05) is 18.5 Å². The molecule has 1 aliphatic heterocycles. The second-order valence-corrected chi connectivity index (χ2v) is 5.55. The normalized spacial score (nSPS) is 20.0. The number of nitrogens with one attached hydrogen (secondary N) is 2. The molecule has 1 aromatic carbocycles. The summed E-state index contributed by atoms with van der Waals surface area (Å²) < 4.78 is 5.30. The van der Waals surface area contributed by atoms with E-state index in [1.807, 2.05) is 18.2 Å².